The second kappa shape index (κ2) is 12.4. The summed E-state index contributed by atoms with van der Waals surface area (Å²) in [6.45, 7) is -0.272. The number of hydrogen-bond acceptors (Lipinski definition) is 6. The molecule has 0 aliphatic carbocycles. The second-order valence-electron chi connectivity index (χ2n) is 6.89. The SMILES string of the molecule is COc1ccc(NC(=O)C(=O)N/N=C\c2cccc(OCC(=O)Nc3cccc(Cl)c3Cl)c2)cc1. The van der Waals surface area contributed by atoms with Gasteiger partial charge in [-0.15, -0.1) is 0 Å². The topological polar surface area (TPSA) is 118 Å². The fourth-order valence-electron chi connectivity index (χ4n) is 2.70. The van der Waals surface area contributed by atoms with E-state index in [0.29, 0.717) is 33.5 Å². The maximum atomic E-state index is 12.2. The van der Waals surface area contributed by atoms with E-state index in [-0.39, 0.29) is 11.6 Å². The van der Waals surface area contributed by atoms with Crippen LogP contribution in [0.1, 0.15) is 5.56 Å². The molecule has 3 aromatic carbocycles. The highest BCUT2D eigenvalue weighted by Gasteiger charge is 2.13. The van der Waals surface area contributed by atoms with Gasteiger partial charge in [0.2, 0.25) is 0 Å². The van der Waals surface area contributed by atoms with Crippen molar-refractivity contribution in [2.45, 2.75) is 0 Å². The van der Waals surface area contributed by atoms with Crippen molar-refractivity contribution in [3.8, 4) is 11.5 Å². The second-order valence-corrected chi connectivity index (χ2v) is 7.68. The average molecular weight is 515 g/mol. The summed E-state index contributed by atoms with van der Waals surface area (Å²) in [4.78, 5) is 36.1. The molecule has 3 N–H and O–H groups in total. The van der Waals surface area contributed by atoms with E-state index in [2.05, 4.69) is 21.2 Å². The predicted molar refractivity (Wildman–Crippen MR) is 134 cm³/mol. The molecule has 11 heteroatoms. The first-order valence-electron chi connectivity index (χ1n) is 10.1. The monoisotopic (exact) mass is 514 g/mol. The number of carbonyl (C=O) groups excluding carboxylic acids is 3. The van der Waals surface area contributed by atoms with Crippen LogP contribution in [-0.4, -0.2) is 37.7 Å². The van der Waals surface area contributed by atoms with Crippen molar-refractivity contribution in [2.24, 2.45) is 5.10 Å². The Bertz CT molecular complexity index is 1250. The quantitative estimate of drug-likeness (QED) is 0.237. The molecule has 0 saturated heterocycles. The molecule has 0 spiro atoms. The minimum Gasteiger partial charge on any atom is -0.497 e. The van der Waals surface area contributed by atoms with Gasteiger partial charge in [-0.1, -0.05) is 41.4 Å². The van der Waals surface area contributed by atoms with Gasteiger partial charge in [-0.25, -0.2) is 5.43 Å². The third-order valence-corrected chi connectivity index (χ3v) is 5.21. The summed E-state index contributed by atoms with van der Waals surface area (Å²) >= 11 is 12.0. The van der Waals surface area contributed by atoms with Crippen molar-refractivity contribution in [3.63, 3.8) is 0 Å². The maximum absolute atomic E-state index is 12.2. The van der Waals surface area contributed by atoms with Gasteiger partial charge in [0, 0.05) is 5.69 Å². The summed E-state index contributed by atoms with van der Waals surface area (Å²) in [5.41, 5.74) is 3.52. The van der Waals surface area contributed by atoms with Gasteiger partial charge in [0.15, 0.2) is 6.61 Å². The lowest BCUT2D eigenvalue weighted by Gasteiger charge is -2.09. The molecule has 180 valence electrons. The van der Waals surface area contributed by atoms with E-state index in [0.717, 1.165) is 0 Å². The van der Waals surface area contributed by atoms with Gasteiger partial charge in [0.1, 0.15) is 11.5 Å². The van der Waals surface area contributed by atoms with E-state index in [1.807, 2.05) is 0 Å². The molecular weight excluding hydrogens is 495 g/mol. The molecule has 0 aliphatic rings. The average Bonchev–Trinajstić information content (AvgIpc) is 2.86. The highest BCUT2D eigenvalue weighted by atomic mass is 35.5. The molecule has 35 heavy (non-hydrogen) atoms. The van der Waals surface area contributed by atoms with Crippen molar-refractivity contribution in [2.75, 3.05) is 24.4 Å². The Morgan fingerprint density at radius 2 is 1.66 bits per heavy atom. The summed E-state index contributed by atoms with van der Waals surface area (Å²) < 4.78 is 10.5. The maximum Gasteiger partial charge on any atom is 0.329 e. The van der Waals surface area contributed by atoms with Gasteiger partial charge >= 0.3 is 11.8 Å². The van der Waals surface area contributed by atoms with Crippen LogP contribution in [0.5, 0.6) is 11.5 Å². The summed E-state index contributed by atoms with van der Waals surface area (Å²) in [5, 5.41) is 9.40. The van der Waals surface area contributed by atoms with Crippen LogP contribution in [0.2, 0.25) is 10.0 Å². The van der Waals surface area contributed by atoms with Crippen molar-refractivity contribution < 1.29 is 23.9 Å². The van der Waals surface area contributed by atoms with Crippen molar-refractivity contribution in [3.05, 3.63) is 82.3 Å². The number of nitrogens with one attached hydrogen (secondary N) is 3. The Labute approximate surface area is 211 Å². The van der Waals surface area contributed by atoms with Gasteiger partial charge in [0.05, 0.1) is 29.1 Å². The lowest BCUT2D eigenvalue weighted by molar-refractivity contribution is -0.136. The van der Waals surface area contributed by atoms with Crippen LogP contribution in [0.4, 0.5) is 11.4 Å². The van der Waals surface area contributed by atoms with Crippen LogP contribution < -0.4 is 25.5 Å². The number of methoxy groups -OCH3 is 1. The molecule has 9 nitrogen and oxygen atoms in total. The summed E-state index contributed by atoms with van der Waals surface area (Å²) in [6, 6.07) is 18.0. The van der Waals surface area contributed by atoms with E-state index in [9.17, 15) is 14.4 Å². The van der Waals surface area contributed by atoms with E-state index in [1.54, 1.807) is 66.7 Å². The van der Waals surface area contributed by atoms with Crippen LogP contribution in [0.25, 0.3) is 0 Å². The zero-order chi connectivity index (χ0) is 25.2. The number of nitrogens with zero attached hydrogens (tertiary/aromatic N) is 1. The molecule has 0 aliphatic heterocycles. The summed E-state index contributed by atoms with van der Waals surface area (Å²) in [7, 11) is 1.52. The highest BCUT2D eigenvalue weighted by Crippen LogP contribution is 2.29. The van der Waals surface area contributed by atoms with Gasteiger partial charge in [-0.05, 0) is 54.1 Å². The van der Waals surface area contributed by atoms with Gasteiger partial charge in [0.25, 0.3) is 5.91 Å². The molecule has 0 heterocycles. The van der Waals surface area contributed by atoms with E-state index < -0.39 is 17.7 Å². The van der Waals surface area contributed by atoms with Gasteiger partial charge < -0.3 is 20.1 Å². The normalized spacial score (nSPS) is 10.5. The number of hydrazone groups is 1. The van der Waals surface area contributed by atoms with Crippen molar-refractivity contribution in [1.82, 2.24) is 5.43 Å². The molecule has 0 unspecified atom stereocenters. The molecule has 3 rings (SSSR count). The number of amides is 3. The van der Waals surface area contributed by atoms with Gasteiger partial charge in [-0.3, -0.25) is 14.4 Å². The van der Waals surface area contributed by atoms with Crippen molar-refractivity contribution >= 4 is 58.5 Å². The van der Waals surface area contributed by atoms with Crippen LogP contribution in [0.15, 0.2) is 71.8 Å². The molecule has 0 atom stereocenters. The fraction of sp³-hybridized carbons (Fsp3) is 0.0833. The number of hydrogen-bond donors (Lipinski definition) is 3. The Morgan fingerprint density at radius 1 is 0.914 bits per heavy atom. The molecule has 0 aromatic heterocycles. The first kappa shape index (κ1) is 25.5. The van der Waals surface area contributed by atoms with E-state index in [4.69, 9.17) is 32.7 Å². The summed E-state index contributed by atoms with van der Waals surface area (Å²) in [5.74, 6) is -1.24. The first-order chi connectivity index (χ1) is 16.9. The van der Waals surface area contributed by atoms with Crippen LogP contribution >= 0.6 is 23.2 Å². The minimum absolute atomic E-state index is 0.237. The molecular formula is C24H20Cl2N4O5. The lowest BCUT2D eigenvalue weighted by atomic mass is 10.2. The lowest BCUT2D eigenvalue weighted by Crippen LogP contribution is -2.32. The molecule has 0 radical (unpaired) electrons. The molecule has 3 amide bonds. The number of halogens is 2. The Morgan fingerprint density at radius 3 is 2.40 bits per heavy atom. The first-order valence-corrected chi connectivity index (χ1v) is 10.9. The third kappa shape index (κ3) is 7.73. The Balaban J connectivity index is 1.48. The van der Waals surface area contributed by atoms with Crippen molar-refractivity contribution in [1.29, 1.82) is 0 Å². The highest BCUT2D eigenvalue weighted by molar-refractivity contribution is 6.44. The third-order valence-electron chi connectivity index (χ3n) is 4.39. The minimum atomic E-state index is -0.944. The Kier molecular flexibility index (Phi) is 9.05. The standard InChI is InChI=1S/C24H20Cl2N4O5/c1-34-17-10-8-16(9-11-17)28-23(32)24(33)30-27-13-15-4-2-5-18(12-15)35-14-21(31)29-20-7-3-6-19(25)22(20)26/h2-13H,14H2,1H3,(H,28,32)(H,29,31)(H,30,33)/b27-13-. The zero-order valence-corrected chi connectivity index (χ0v) is 19.9. The van der Waals surface area contributed by atoms with Crippen LogP contribution in [0.3, 0.4) is 0 Å². The fourth-order valence-corrected chi connectivity index (χ4v) is 3.05. The van der Waals surface area contributed by atoms with Crippen LogP contribution in [0, 0.1) is 0 Å². The molecule has 0 saturated carbocycles. The van der Waals surface area contributed by atoms with E-state index in [1.165, 1.54) is 13.3 Å². The predicted octanol–water partition coefficient (Wildman–Crippen LogP) is 4.11. The number of ether oxygens (including phenoxy) is 2. The summed E-state index contributed by atoms with van der Waals surface area (Å²) in [6.07, 6.45) is 1.33. The number of benzene rings is 3. The number of carbonyl (C=O) groups is 3. The molecule has 0 fully saturated rings. The Hall–Kier alpha value is -4.08. The smallest absolute Gasteiger partial charge is 0.329 e. The molecule has 3 aromatic rings. The number of anilines is 2. The van der Waals surface area contributed by atoms with Gasteiger partial charge in [-0.2, -0.15) is 5.10 Å². The van der Waals surface area contributed by atoms with Crippen LogP contribution in [-0.2, 0) is 14.4 Å². The van der Waals surface area contributed by atoms with E-state index >= 15 is 0 Å². The zero-order valence-electron chi connectivity index (χ0n) is 18.4. The number of rotatable bonds is 8. The molecule has 0 bridgehead atoms. The largest absolute Gasteiger partial charge is 0.497 e.